The average Bonchev–Trinajstić information content (AvgIpc) is 3.39. The van der Waals surface area contributed by atoms with Crippen molar-refractivity contribution in [3.63, 3.8) is 0 Å². The summed E-state index contributed by atoms with van der Waals surface area (Å²) in [6.45, 7) is 1.54. The summed E-state index contributed by atoms with van der Waals surface area (Å²) < 4.78 is 7.60. The van der Waals surface area contributed by atoms with Gasteiger partial charge in [-0.3, -0.25) is 4.98 Å². The number of hydrogen-bond acceptors (Lipinski definition) is 3. The van der Waals surface area contributed by atoms with Crippen molar-refractivity contribution >= 4 is 17.3 Å². The smallest absolute Gasteiger partial charge is 0.170 e. The Hall–Kier alpha value is -1.92. The summed E-state index contributed by atoms with van der Waals surface area (Å²) in [5.41, 5.74) is 2.32. The van der Waals surface area contributed by atoms with Crippen LogP contribution >= 0.6 is 12.2 Å². The summed E-state index contributed by atoms with van der Waals surface area (Å²) in [5.74, 6) is 0. The molecule has 2 aliphatic rings. The van der Waals surface area contributed by atoms with Gasteiger partial charge in [0.2, 0.25) is 0 Å². The molecule has 0 unspecified atom stereocenters. The number of nitrogens with one attached hydrogen (secondary N) is 1. The van der Waals surface area contributed by atoms with Crippen LogP contribution in [0.2, 0.25) is 0 Å². The molecule has 4 rings (SSSR count). The van der Waals surface area contributed by atoms with Crippen molar-refractivity contribution in [3.05, 3.63) is 54.1 Å². The van der Waals surface area contributed by atoms with Crippen LogP contribution in [-0.4, -0.2) is 39.3 Å². The maximum Gasteiger partial charge on any atom is 0.170 e. The number of nitrogens with zero attached hydrogens (tertiary/aromatic N) is 3. The van der Waals surface area contributed by atoms with Gasteiger partial charge in [0.1, 0.15) is 0 Å². The van der Waals surface area contributed by atoms with Crippen LogP contribution in [0.4, 0.5) is 0 Å². The van der Waals surface area contributed by atoms with Crippen LogP contribution in [0, 0.1) is 0 Å². The average molecular weight is 371 g/mol. The van der Waals surface area contributed by atoms with Gasteiger partial charge in [0.25, 0.3) is 0 Å². The third-order valence-electron chi connectivity index (χ3n) is 5.56. The van der Waals surface area contributed by atoms with E-state index < -0.39 is 0 Å². The van der Waals surface area contributed by atoms with E-state index in [1.165, 1.54) is 31.4 Å². The van der Waals surface area contributed by atoms with Gasteiger partial charge in [0.15, 0.2) is 5.11 Å². The Balaban J connectivity index is 1.73. The number of ether oxygens (including phenoxy) is 1. The molecule has 0 aromatic carbocycles. The highest BCUT2D eigenvalue weighted by molar-refractivity contribution is 7.80. The zero-order valence-corrected chi connectivity index (χ0v) is 16.0. The Morgan fingerprint density at radius 1 is 1.23 bits per heavy atom. The van der Waals surface area contributed by atoms with Gasteiger partial charge in [-0.05, 0) is 49.3 Å². The topological polar surface area (TPSA) is 42.3 Å². The molecule has 1 aliphatic heterocycles. The number of methoxy groups -OCH3 is 1. The summed E-state index contributed by atoms with van der Waals surface area (Å²) in [7, 11) is 1.75. The summed E-state index contributed by atoms with van der Waals surface area (Å²) >= 11 is 5.79. The van der Waals surface area contributed by atoms with E-state index in [-0.39, 0.29) is 12.1 Å². The molecule has 1 saturated heterocycles. The molecule has 1 aliphatic carbocycles. The van der Waals surface area contributed by atoms with Crippen LogP contribution in [0.3, 0.4) is 0 Å². The predicted octanol–water partition coefficient (Wildman–Crippen LogP) is 3.44. The summed E-state index contributed by atoms with van der Waals surface area (Å²) in [4.78, 5) is 7.07. The lowest BCUT2D eigenvalue weighted by Crippen LogP contribution is -2.38. The fraction of sp³-hybridized carbons (Fsp3) is 0.500. The molecule has 2 aromatic heterocycles. The standard InChI is InChI=1S/C20H26N4OS/c1-25-14-13-23-12-6-10-17(23)19-18(16-9-4-5-11-21-16)22-20(26)24(19)15-7-2-3-8-15/h4-6,9-12,15,18-19H,2-3,7-8,13-14H2,1H3,(H,22,26)/t18-,19+/m0/s1. The van der Waals surface area contributed by atoms with E-state index in [2.05, 4.69) is 44.2 Å². The normalized spacial score (nSPS) is 23.6. The molecule has 2 fully saturated rings. The van der Waals surface area contributed by atoms with Crippen LogP contribution in [0.1, 0.15) is 49.2 Å². The second-order valence-electron chi connectivity index (χ2n) is 7.09. The van der Waals surface area contributed by atoms with Gasteiger partial charge < -0.3 is 19.5 Å². The Kier molecular flexibility index (Phi) is 5.22. The summed E-state index contributed by atoms with van der Waals surface area (Å²) in [5, 5.41) is 4.43. The first kappa shape index (κ1) is 17.5. The molecule has 26 heavy (non-hydrogen) atoms. The van der Waals surface area contributed by atoms with Crippen molar-refractivity contribution in [2.24, 2.45) is 0 Å². The van der Waals surface area contributed by atoms with E-state index >= 15 is 0 Å². The van der Waals surface area contributed by atoms with E-state index in [4.69, 9.17) is 17.0 Å². The molecule has 0 spiro atoms. The summed E-state index contributed by atoms with van der Waals surface area (Å²) in [6, 6.07) is 11.2. The van der Waals surface area contributed by atoms with Crippen LogP contribution < -0.4 is 5.32 Å². The van der Waals surface area contributed by atoms with Crippen molar-refractivity contribution in [3.8, 4) is 0 Å². The third kappa shape index (κ3) is 3.23. The molecule has 138 valence electrons. The molecule has 3 heterocycles. The minimum absolute atomic E-state index is 0.0699. The van der Waals surface area contributed by atoms with Crippen LogP contribution in [-0.2, 0) is 11.3 Å². The number of aromatic nitrogens is 2. The zero-order chi connectivity index (χ0) is 17.9. The number of thiocarbonyl (C=S) groups is 1. The lowest BCUT2D eigenvalue weighted by Gasteiger charge is -2.33. The first-order valence-corrected chi connectivity index (χ1v) is 9.84. The van der Waals surface area contributed by atoms with Crippen molar-refractivity contribution in [2.75, 3.05) is 13.7 Å². The highest BCUT2D eigenvalue weighted by Gasteiger charge is 2.44. The minimum Gasteiger partial charge on any atom is -0.383 e. The largest absolute Gasteiger partial charge is 0.383 e. The third-order valence-corrected chi connectivity index (χ3v) is 5.89. The van der Waals surface area contributed by atoms with Gasteiger partial charge in [0.05, 0.1) is 24.4 Å². The minimum atomic E-state index is 0.0699. The molecule has 1 saturated carbocycles. The van der Waals surface area contributed by atoms with Crippen molar-refractivity contribution in [1.29, 1.82) is 0 Å². The van der Waals surface area contributed by atoms with Gasteiger partial charge in [-0.25, -0.2) is 0 Å². The maximum atomic E-state index is 5.79. The number of hydrogen-bond donors (Lipinski definition) is 1. The highest BCUT2D eigenvalue weighted by Crippen LogP contribution is 2.42. The molecular formula is C20H26N4OS. The predicted molar refractivity (Wildman–Crippen MR) is 106 cm³/mol. The molecule has 2 aromatic rings. The maximum absolute atomic E-state index is 5.79. The van der Waals surface area contributed by atoms with E-state index in [1.54, 1.807) is 7.11 Å². The number of rotatable bonds is 6. The van der Waals surface area contributed by atoms with Crippen molar-refractivity contribution in [2.45, 2.75) is 50.4 Å². The second kappa shape index (κ2) is 7.76. The quantitative estimate of drug-likeness (QED) is 0.789. The molecule has 0 bridgehead atoms. The Labute approximate surface area is 160 Å². The SMILES string of the molecule is COCCn1cccc1[C@@H]1[C@H](c2ccccn2)NC(=S)N1C1CCCC1. The first-order valence-electron chi connectivity index (χ1n) is 9.43. The van der Waals surface area contributed by atoms with Gasteiger partial charge >= 0.3 is 0 Å². The van der Waals surface area contributed by atoms with Gasteiger partial charge in [-0.2, -0.15) is 0 Å². The van der Waals surface area contributed by atoms with E-state index in [0.717, 1.165) is 17.4 Å². The molecule has 5 nitrogen and oxygen atoms in total. The van der Waals surface area contributed by atoms with Crippen molar-refractivity contribution < 1.29 is 4.74 Å². The second-order valence-corrected chi connectivity index (χ2v) is 7.48. The van der Waals surface area contributed by atoms with Gasteiger partial charge in [-0.15, -0.1) is 0 Å². The van der Waals surface area contributed by atoms with E-state index in [0.29, 0.717) is 12.6 Å². The number of pyridine rings is 1. The van der Waals surface area contributed by atoms with Gasteiger partial charge in [0, 0.05) is 37.8 Å². The molecule has 0 radical (unpaired) electrons. The monoisotopic (exact) mass is 370 g/mol. The fourth-order valence-corrected chi connectivity index (χ4v) is 4.74. The van der Waals surface area contributed by atoms with Crippen LogP contribution in [0.5, 0.6) is 0 Å². The molecule has 2 atom stereocenters. The van der Waals surface area contributed by atoms with Gasteiger partial charge in [-0.1, -0.05) is 18.9 Å². The summed E-state index contributed by atoms with van der Waals surface area (Å²) in [6.07, 6.45) is 9.00. The lowest BCUT2D eigenvalue weighted by atomic mass is 9.99. The van der Waals surface area contributed by atoms with Crippen LogP contribution in [0.25, 0.3) is 0 Å². The van der Waals surface area contributed by atoms with E-state index in [1.807, 2.05) is 18.3 Å². The van der Waals surface area contributed by atoms with Crippen molar-refractivity contribution in [1.82, 2.24) is 19.8 Å². The molecule has 0 amide bonds. The fourth-order valence-electron chi connectivity index (χ4n) is 4.35. The lowest BCUT2D eigenvalue weighted by molar-refractivity contribution is 0.181. The molecular weight excluding hydrogens is 344 g/mol. The first-order chi connectivity index (χ1) is 12.8. The Morgan fingerprint density at radius 3 is 2.81 bits per heavy atom. The Bertz CT molecular complexity index is 741. The van der Waals surface area contributed by atoms with E-state index in [9.17, 15) is 0 Å². The molecule has 6 heteroatoms. The van der Waals surface area contributed by atoms with Crippen LogP contribution in [0.15, 0.2) is 42.7 Å². The zero-order valence-electron chi connectivity index (χ0n) is 15.2. The molecule has 1 N–H and O–H groups in total. The highest BCUT2D eigenvalue weighted by atomic mass is 32.1. The Morgan fingerprint density at radius 2 is 2.08 bits per heavy atom.